The van der Waals surface area contributed by atoms with Crippen molar-refractivity contribution in [1.29, 1.82) is 0 Å². The highest BCUT2D eigenvalue weighted by atomic mass is 32.4. The summed E-state index contributed by atoms with van der Waals surface area (Å²) >= 11 is 0. The number of rotatable bonds is 4. The number of ether oxygens (including phenoxy) is 1. The molecule has 16 heavy (non-hydrogen) atoms. The lowest BCUT2D eigenvalue weighted by Crippen LogP contribution is -2.07. The summed E-state index contributed by atoms with van der Waals surface area (Å²) in [7, 11) is -7.66. The van der Waals surface area contributed by atoms with Crippen molar-refractivity contribution < 1.29 is 20.3 Å². The van der Waals surface area contributed by atoms with Gasteiger partial charge in [-0.05, 0) is 18.2 Å². The van der Waals surface area contributed by atoms with Crippen LogP contribution in [0.25, 0.3) is 0 Å². The third-order valence-corrected chi connectivity index (χ3v) is 2.92. The zero-order valence-corrected chi connectivity index (χ0v) is 9.27. The molecule has 0 saturated heterocycles. The molecule has 0 spiro atoms. The van der Waals surface area contributed by atoms with E-state index in [-0.39, 0.29) is 19.6 Å². The molecule has 0 saturated carbocycles. The van der Waals surface area contributed by atoms with Gasteiger partial charge >= 0.3 is 0 Å². The maximum Gasteiger partial charge on any atom is 0.179 e. The molecule has 0 amide bonds. The van der Waals surface area contributed by atoms with Crippen molar-refractivity contribution in [2.45, 2.75) is 6.42 Å². The normalized spacial score (nSPS) is 19.2. The molecule has 0 fully saturated rings. The van der Waals surface area contributed by atoms with Gasteiger partial charge in [-0.2, -0.15) is 0 Å². The summed E-state index contributed by atoms with van der Waals surface area (Å²) in [6.45, 7) is 0.499. The van der Waals surface area contributed by atoms with Crippen LogP contribution in [-0.4, -0.2) is 13.2 Å². The molecular weight excluding hydrogens is 246 g/mol. The number of halogens is 4. The molecule has 0 aromatic carbocycles. The van der Waals surface area contributed by atoms with E-state index in [1.54, 1.807) is 0 Å². The molecule has 0 aromatic heterocycles. The summed E-state index contributed by atoms with van der Waals surface area (Å²) in [5.74, 6) is 0.345. The molecule has 0 heterocycles. The van der Waals surface area contributed by atoms with Crippen LogP contribution in [-0.2, 0) is 4.74 Å². The molecule has 94 valence electrons. The fourth-order valence-electron chi connectivity index (χ4n) is 1.12. The molecule has 0 aliphatic heterocycles. The first-order valence-corrected chi connectivity index (χ1v) is 6.39. The molecule has 1 rings (SSSR count). The van der Waals surface area contributed by atoms with Crippen LogP contribution < -0.4 is 5.73 Å². The van der Waals surface area contributed by atoms with Crippen LogP contribution in [0.3, 0.4) is 0 Å². The first kappa shape index (κ1) is 13.1. The zero-order chi connectivity index (χ0) is 12.3. The molecule has 1 aliphatic carbocycles. The highest BCUT2D eigenvalue weighted by Crippen LogP contribution is 2.82. The molecule has 7 heteroatoms. The van der Waals surface area contributed by atoms with Gasteiger partial charge in [0.2, 0.25) is 0 Å². The van der Waals surface area contributed by atoms with Gasteiger partial charge in [0.05, 0.1) is 17.3 Å². The minimum Gasteiger partial charge on any atom is -0.496 e. The molecule has 2 nitrogen and oxygen atoms in total. The van der Waals surface area contributed by atoms with Crippen molar-refractivity contribution in [1.82, 2.24) is 0 Å². The van der Waals surface area contributed by atoms with Gasteiger partial charge in [-0.25, -0.2) is 0 Å². The molecule has 0 unspecified atom stereocenters. The van der Waals surface area contributed by atoms with Crippen molar-refractivity contribution in [3.8, 4) is 0 Å². The minimum absolute atomic E-state index is 0.201. The van der Waals surface area contributed by atoms with Crippen LogP contribution >= 0.6 is 10.7 Å². The van der Waals surface area contributed by atoms with E-state index in [0.717, 1.165) is 12.2 Å². The van der Waals surface area contributed by atoms with Crippen LogP contribution in [0.1, 0.15) is 6.42 Å². The predicted octanol–water partition coefficient (Wildman–Crippen LogP) is 3.30. The Bertz CT molecular complexity index is 347. The largest absolute Gasteiger partial charge is 0.496 e. The Labute approximate surface area is 91.9 Å². The van der Waals surface area contributed by atoms with Crippen molar-refractivity contribution >= 4 is 10.7 Å². The Morgan fingerprint density at radius 1 is 1.25 bits per heavy atom. The fraction of sp³-hybridized carbons (Fsp3) is 0.333. The maximum absolute atomic E-state index is 12.4. The van der Waals surface area contributed by atoms with E-state index in [2.05, 4.69) is 0 Å². The van der Waals surface area contributed by atoms with Gasteiger partial charge in [-0.3, -0.25) is 0 Å². The summed E-state index contributed by atoms with van der Waals surface area (Å²) in [5, 5.41) is 0. The summed E-state index contributed by atoms with van der Waals surface area (Å²) in [6, 6.07) is 0. The zero-order valence-electron chi connectivity index (χ0n) is 8.38. The summed E-state index contributed by atoms with van der Waals surface area (Å²) in [4.78, 5) is -1.22. The van der Waals surface area contributed by atoms with Crippen molar-refractivity contribution in [2.24, 2.45) is 5.73 Å². The summed E-state index contributed by atoms with van der Waals surface area (Å²) in [6.07, 6.45) is 4.00. The average molecular weight is 259 g/mol. The molecular formula is C9H13F4NOS. The van der Waals surface area contributed by atoms with Gasteiger partial charge in [0.1, 0.15) is 0 Å². The molecule has 0 atom stereocenters. The van der Waals surface area contributed by atoms with Gasteiger partial charge in [0.25, 0.3) is 0 Å². The monoisotopic (exact) mass is 259 g/mol. The van der Waals surface area contributed by atoms with Crippen molar-refractivity contribution in [2.75, 3.05) is 13.2 Å². The van der Waals surface area contributed by atoms with Gasteiger partial charge in [-0.1, -0.05) is 6.08 Å². The van der Waals surface area contributed by atoms with Crippen molar-refractivity contribution in [3.05, 3.63) is 35.0 Å². The number of hydrogen-bond donors (Lipinski definition) is 2. The third kappa shape index (κ3) is 3.90. The summed E-state index contributed by atoms with van der Waals surface area (Å²) < 4.78 is 54.8. The first-order valence-electron chi connectivity index (χ1n) is 4.60. The van der Waals surface area contributed by atoms with E-state index in [1.165, 1.54) is 6.08 Å². The Hall–Kier alpha value is -0.950. The molecule has 0 bridgehead atoms. The van der Waals surface area contributed by atoms with Gasteiger partial charge in [0.15, 0.2) is 10.7 Å². The van der Waals surface area contributed by atoms with Crippen LogP contribution in [0.15, 0.2) is 35.0 Å². The van der Waals surface area contributed by atoms with Crippen molar-refractivity contribution in [3.63, 3.8) is 0 Å². The number of allylic oxidation sites excluding steroid dienone is 4. The SMILES string of the molecule is NCCOC1=CC=C([SH](F)(F)(F)F)C=CC1. The fourth-order valence-corrected chi connectivity index (χ4v) is 1.75. The van der Waals surface area contributed by atoms with E-state index in [9.17, 15) is 15.5 Å². The van der Waals surface area contributed by atoms with Gasteiger partial charge in [-0.15, -0.1) is 15.5 Å². The molecule has 2 N–H and O–H groups in total. The lowest BCUT2D eigenvalue weighted by Gasteiger charge is -2.29. The third-order valence-electron chi connectivity index (χ3n) is 1.84. The predicted molar refractivity (Wildman–Crippen MR) is 58.3 cm³/mol. The Kier molecular flexibility index (Phi) is 3.69. The second-order valence-corrected chi connectivity index (χ2v) is 5.15. The average Bonchev–Trinajstić information content (AvgIpc) is 2.37. The Morgan fingerprint density at radius 2 is 1.94 bits per heavy atom. The van der Waals surface area contributed by atoms with Crippen LogP contribution in [0.4, 0.5) is 15.5 Å². The standard InChI is InChI=1S/C9H13F4NOS/c10-16(11,12,13)9-3-1-2-8(4-5-9)15-7-6-14/h1,3-5,16H,2,6-7,14H2. The number of thiol groups is 1. The minimum atomic E-state index is -7.66. The van der Waals surface area contributed by atoms with Crippen LogP contribution in [0.2, 0.25) is 0 Å². The Morgan fingerprint density at radius 3 is 2.50 bits per heavy atom. The van der Waals surface area contributed by atoms with Crippen LogP contribution in [0.5, 0.6) is 0 Å². The van der Waals surface area contributed by atoms with Gasteiger partial charge < -0.3 is 10.5 Å². The number of hydrogen-bond acceptors (Lipinski definition) is 2. The lowest BCUT2D eigenvalue weighted by molar-refractivity contribution is 0.216. The quantitative estimate of drug-likeness (QED) is 0.600. The smallest absolute Gasteiger partial charge is 0.179 e. The van der Waals surface area contributed by atoms with E-state index in [4.69, 9.17) is 10.5 Å². The highest BCUT2D eigenvalue weighted by molar-refractivity contribution is 8.36. The summed E-state index contributed by atoms with van der Waals surface area (Å²) in [5.41, 5.74) is 5.18. The molecule has 1 aliphatic rings. The van der Waals surface area contributed by atoms with E-state index < -0.39 is 15.6 Å². The molecule has 0 radical (unpaired) electrons. The Balaban J connectivity index is 2.85. The van der Waals surface area contributed by atoms with Crippen LogP contribution in [0, 0.1) is 0 Å². The van der Waals surface area contributed by atoms with E-state index >= 15 is 0 Å². The van der Waals surface area contributed by atoms with Gasteiger partial charge in [0, 0.05) is 13.0 Å². The first-order chi connectivity index (χ1) is 7.30. The lowest BCUT2D eigenvalue weighted by atomic mass is 10.3. The second kappa shape index (κ2) is 4.50. The highest BCUT2D eigenvalue weighted by Gasteiger charge is 2.40. The second-order valence-electron chi connectivity index (χ2n) is 3.19. The number of nitrogens with two attached hydrogens (primary N) is 1. The maximum atomic E-state index is 12.4. The topological polar surface area (TPSA) is 35.2 Å². The van der Waals surface area contributed by atoms with E-state index in [0.29, 0.717) is 11.8 Å². The molecule has 0 aromatic rings. The van der Waals surface area contributed by atoms with E-state index in [1.807, 2.05) is 0 Å².